The summed E-state index contributed by atoms with van der Waals surface area (Å²) in [6, 6.07) is 9.88. The fourth-order valence-corrected chi connectivity index (χ4v) is 3.19. The van der Waals surface area contributed by atoms with Crippen LogP contribution in [0.1, 0.15) is 23.4 Å². The number of aryl methyl sites for hydroxylation is 2. The molecule has 26 heavy (non-hydrogen) atoms. The highest BCUT2D eigenvalue weighted by Gasteiger charge is 2.21. The largest absolute Gasteiger partial charge is 0.492 e. The molecule has 0 spiro atoms. The van der Waals surface area contributed by atoms with Gasteiger partial charge in [0.15, 0.2) is 0 Å². The van der Waals surface area contributed by atoms with E-state index in [1.54, 1.807) is 0 Å². The molecule has 2 heterocycles. The number of carbonyl (C=O) groups is 1. The lowest BCUT2D eigenvalue weighted by Gasteiger charge is -2.34. The second-order valence-electron chi connectivity index (χ2n) is 6.80. The number of aromatic nitrogens is 2. The molecule has 1 amide bonds. The fourth-order valence-electron chi connectivity index (χ4n) is 3.19. The van der Waals surface area contributed by atoms with Crippen LogP contribution in [0.2, 0.25) is 0 Å². The smallest absolute Gasteiger partial charge is 0.223 e. The summed E-state index contributed by atoms with van der Waals surface area (Å²) in [6.45, 7) is 9.03. The van der Waals surface area contributed by atoms with E-state index < -0.39 is 0 Å². The van der Waals surface area contributed by atoms with Gasteiger partial charge in [-0.1, -0.05) is 18.2 Å². The van der Waals surface area contributed by atoms with Crippen molar-refractivity contribution < 1.29 is 9.53 Å². The molecular weight excluding hydrogens is 328 g/mol. The molecule has 1 fully saturated rings. The second-order valence-corrected chi connectivity index (χ2v) is 6.80. The maximum absolute atomic E-state index is 12.4. The summed E-state index contributed by atoms with van der Waals surface area (Å²) in [6.07, 6.45) is 1.24. The highest BCUT2D eigenvalue weighted by molar-refractivity contribution is 5.76. The molecule has 0 radical (unpaired) electrons. The summed E-state index contributed by atoms with van der Waals surface area (Å²) >= 11 is 0. The summed E-state index contributed by atoms with van der Waals surface area (Å²) in [5, 5.41) is 7.27. The number of nitrogens with one attached hydrogen (secondary N) is 1. The number of ether oxygens (including phenoxy) is 1. The standard InChI is InChI=1S/C20H28N4O2/c1-16-17(2)21-22-19(16)8-9-20(25)24-12-10-23(11-13-24)14-15-26-18-6-4-3-5-7-18/h3-7H,8-15H2,1-2H3,(H,21,22). The van der Waals surface area contributed by atoms with Gasteiger partial charge >= 0.3 is 0 Å². The normalized spacial score (nSPS) is 15.2. The predicted molar refractivity (Wildman–Crippen MR) is 101 cm³/mol. The van der Waals surface area contributed by atoms with E-state index in [1.165, 1.54) is 5.56 Å². The van der Waals surface area contributed by atoms with Gasteiger partial charge in [-0.05, 0) is 31.5 Å². The third-order valence-corrected chi connectivity index (χ3v) is 5.07. The van der Waals surface area contributed by atoms with Gasteiger partial charge in [-0.25, -0.2) is 0 Å². The summed E-state index contributed by atoms with van der Waals surface area (Å²) in [4.78, 5) is 16.8. The van der Waals surface area contributed by atoms with Crippen molar-refractivity contribution in [2.24, 2.45) is 0 Å². The predicted octanol–water partition coefficient (Wildman–Crippen LogP) is 2.18. The minimum absolute atomic E-state index is 0.227. The summed E-state index contributed by atoms with van der Waals surface area (Å²) < 4.78 is 5.75. The zero-order chi connectivity index (χ0) is 18.4. The van der Waals surface area contributed by atoms with E-state index in [1.807, 2.05) is 42.2 Å². The van der Waals surface area contributed by atoms with Crippen LogP contribution < -0.4 is 4.74 Å². The SMILES string of the molecule is Cc1[nH]nc(CCC(=O)N2CCN(CCOc3ccccc3)CC2)c1C. The Labute approximate surface area is 155 Å². The monoisotopic (exact) mass is 356 g/mol. The quantitative estimate of drug-likeness (QED) is 0.826. The number of hydrogen-bond donors (Lipinski definition) is 1. The van der Waals surface area contributed by atoms with Crippen LogP contribution in [0.15, 0.2) is 30.3 Å². The number of hydrogen-bond acceptors (Lipinski definition) is 4. The Morgan fingerprint density at radius 1 is 1.15 bits per heavy atom. The molecule has 1 aromatic carbocycles. The number of aromatic amines is 1. The lowest BCUT2D eigenvalue weighted by molar-refractivity contribution is -0.132. The summed E-state index contributed by atoms with van der Waals surface area (Å²) in [5.74, 6) is 1.13. The topological polar surface area (TPSA) is 61.5 Å². The van der Waals surface area contributed by atoms with Crippen LogP contribution in [0.25, 0.3) is 0 Å². The summed E-state index contributed by atoms with van der Waals surface area (Å²) in [7, 11) is 0. The maximum Gasteiger partial charge on any atom is 0.223 e. The van der Waals surface area contributed by atoms with Crippen LogP contribution in [-0.2, 0) is 11.2 Å². The molecule has 3 rings (SSSR count). The minimum Gasteiger partial charge on any atom is -0.492 e. The number of para-hydroxylation sites is 1. The Balaban J connectivity index is 1.35. The molecule has 0 aliphatic carbocycles. The van der Waals surface area contributed by atoms with E-state index in [9.17, 15) is 4.79 Å². The van der Waals surface area contributed by atoms with Gasteiger partial charge < -0.3 is 9.64 Å². The molecule has 1 aromatic heterocycles. The van der Waals surface area contributed by atoms with Gasteiger partial charge in [-0.3, -0.25) is 14.8 Å². The first-order valence-corrected chi connectivity index (χ1v) is 9.32. The van der Waals surface area contributed by atoms with Gasteiger partial charge in [0.05, 0.1) is 5.69 Å². The van der Waals surface area contributed by atoms with E-state index in [-0.39, 0.29) is 5.91 Å². The Bertz CT molecular complexity index is 706. The number of rotatable bonds is 7. The Hall–Kier alpha value is -2.34. The van der Waals surface area contributed by atoms with Crippen LogP contribution in [0.3, 0.4) is 0 Å². The van der Waals surface area contributed by atoms with Crippen molar-refractivity contribution in [2.45, 2.75) is 26.7 Å². The van der Waals surface area contributed by atoms with Crippen LogP contribution >= 0.6 is 0 Å². The number of benzene rings is 1. The van der Waals surface area contributed by atoms with Gasteiger partial charge in [0.1, 0.15) is 12.4 Å². The molecule has 1 aliphatic rings. The third kappa shape index (κ3) is 4.85. The lowest BCUT2D eigenvalue weighted by atomic mass is 10.1. The first-order chi connectivity index (χ1) is 12.6. The van der Waals surface area contributed by atoms with Gasteiger partial charge in [0.25, 0.3) is 0 Å². The van der Waals surface area contributed by atoms with Gasteiger partial charge in [-0.2, -0.15) is 5.10 Å². The van der Waals surface area contributed by atoms with E-state index in [0.717, 1.165) is 49.9 Å². The molecule has 0 saturated carbocycles. The average molecular weight is 356 g/mol. The zero-order valence-electron chi connectivity index (χ0n) is 15.7. The molecule has 0 unspecified atom stereocenters. The van der Waals surface area contributed by atoms with Crippen molar-refractivity contribution in [3.8, 4) is 5.75 Å². The third-order valence-electron chi connectivity index (χ3n) is 5.07. The molecule has 1 aliphatic heterocycles. The maximum atomic E-state index is 12.4. The van der Waals surface area contributed by atoms with Crippen molar-refractivity contribution in [3.63, 3.8) is 0 Å². The number of nitrogens with zero attached hydrogens (tertiary/aromatic N) is 3. The Morgan fingerprint density at radius 3 is 2.54 bits per heavy atom. The van der Waals surface area contributed by atoms with Gasteiger partial charge in [-0.15, -0.1) is 0 Å². The highest BCUT2D eigenvalue weighted by Crippen LogP contribution is 2.12. The molecule has 2 aromatic rings. The molecule has 1 N–H and O–H groups in total. The lowest BCUT2D eigenvalue weighted by Crippen LogP contribution is -2.49. The first-order valence-electron chi connectivity index (χ1n) is 9.32. The Kier molecular flexibility index (Phi) is 6.28. The highest BCUT2D eigenvalue weighted by atomic mass is 16.5. The molecule has 0 bridgehead atoms. The molecule has 6 nitrogen and oxygen atoms in total. The van der Waals surface area contributed by atoms with E-state index in [0.29, 0.717) is 19.4 Å². The van der Waals surface area contributed by atoms with Crippen LogP contribution in [0, 0.1) is 13.8 Å². The zero-order valence-corrected chi connectivity index (χ0v) is 15.7. The van der Waals surface area contributed by atoms with Crippen molar-refractivity contribution in [1.82, 2.24) is 20.0 Å². The average Bonchev–Trinajstić information content (AvgIpc) is 2.99. The van der Waals surface area contributed by atoms with Crippen molar-refractivity contribution >= 4 is 5.91 Å². The van der Waals surface area contributed by atoms with Gasteiger partial charge in [0.2, 0.25) is 5.91 Å². The number of amides is 1. The molecule has 0 atom stereocenters. The van der Waals surface area contributed by atoms with Gasteiger partial charge in [0, 0.05) is 51.3 Å². The summed E-state index contributed by atoms with van der Waals surface area (Å²) in [5.41, 5.74) is 3.26. The van der Waals surface area contributed by atoms with Crippen LogP contribution in [0.4, 0.5) is 0 Å². The first kappa shape index (κ1) is 18.5. The molecule has 140 valence electrons. The molecule has 6 heteroatoms. The van der Waals surface area contributed by atoms with Crippen molar-refractivity contribution in [1.29, 1.82) is 0 Å². The molecule has 1 saturated heterocycles. The van der Waals surface area contributed by atoms with E-state index in [4.69, 9.17) is 4.74 Å². The van der Waals surface area contributed by atoms with E-state index >= 15 is 0 Å². The van der Waals surface area contributed by atoms with Crippen LogP contribution in [-0.4, -0.2) is 65.2 Å². The molecular formula is C20H28N4O2. The Morgan fingerprint density at radius 2 is 1.88 bits per heavy atom. The fraction of sp³-hybridized carbons (Fsp3) is 0.500. The number of piperazine rings is 1. The minimum atomic E-state index is 0.227. The van der Waals surface area contributed by atoms with E-state index in [2.05, 4.69) is 22.0 Å². The number of H-pyrrole nitrogens is 1. The number of carbonyl (C=O) groups excluding carboxylic acids is 1. The second kappa shape index (κ2) is 8.85. The van der Waals surface area contributed by atoms with Crippen LogP contribution in [0.5, 0.6) is 5.75 Å². The van der Waals surface area contributed by atoms with Crippen molar-refractivity contribution in [2.75, 3.05) is 39.3 Å². The van der Waals surface area contributed by atoms with Crippen molar-refractivity contribution in [3.05, 3.63) is 47.3 Å².